The van der Waals surface area contributed by atoms with E-state index >= 15 is 0 Å². The number of nitrogens with one attached hydrogen (secondary N) is 1. The predicted octanol–water partition coefficient (Wildman–Crippen LogP) is 3.16. The lowest BCUT2D eigenvalue weighted by molar-refractivity contribution is 0.267. The predicted molar refractivity (Wildman–Crippen MR) is 132 cm³/mol. The molecule has 34 heavy (non-hydrogen) atoms. The summed E-state index contributed by atoms with van der Waals surface area (Å²) in [4.78, 5) is 2.39. The van der Waals surface area contributed by atoms with Crippen LogP contribution in [0.1, 0.15) is 42.7 Å². The van der Waals surface area contributed by atoms with Crippen molar-refractivity contribution in [1.82, 2.24) is 24.4 Å². The number of benzene rings is 2. The molecule has 9 heteroatoms. The van der Waals surface area contributed by atoms with Crippen molar-refractivity contribution in [3.63, 3.8) is 0 Å². The zero-order chi connectivity index (χ0) is 24.1. The highest BCUT2D eigenvalue weighted by Gasteiger charge is 2.28. The maximum absolute atomic E-state index is 11.9. The summed E-state index contributed by atoms with van der Waals surface area (Å²) < 4.78 is 34.6. The molecular formula is C25H33N5O3S. The van der Waals surface area contributed by atoms with Gasteiger partial charge >= 0.3 is 0 Å². The molecule has 0 unspecified atom stereocenters. The third kappa shape index (κ3) is 6.43. The van der Waals surface area contributed by atoms with Crippen LogP contribution in [-0.2, 0) is 36.1 Å². The summed E-state index contributed by atoms with van der Waals surface area (Å²) in [6.07, 6.45) is 1.95. The van der Waals surface area contributed by atoms with Gasteiger partial charge in [-0.1, -0.05) is 56.3 Å². The number of hydrogen-bond acceptors (Lipinski definition) is 6. The van der Waals surface area contributed by atoms with Gasteiger partial charge in [0, 0.05) is 32.6 Å². The van der Waals surface area contributed by atoms with Crippen LogP contribution in [0, 0.1) is 5.92 Å². The van der Waals surface area contributed by atoms with Gasteiger partial charge in [-0.3, -0.25) is 4.90 Å². The maximum Gasteiger partial charge on any atom is 0.209 e. The fraction of sp³-hybridized carbons (Fsp3) is 0.440. The first kappa shape index (κ1) is 24.4. The number of nitrogens with zero attached hydrogens (tertiary/aromatic N) is 4. The molecule has 0 radical (unpaired) electrons. The molecular weight excluding hydrogens is 450 g/mol. The molecule has 0 saturated carbocycles. The van der Waals surface area contributed by atoms with Crippen molar-refractivity contribution in [1.29, 1.82) is 0 Å². The molecule has 1 aliphatic rings. The Morgan fingerprint density at radius 2 is 1.76 bits per heavy atom. The van der Waals surface area contributed by atoms with E-state index in [1.807, 2.05) is 44.2 Å². The highest BCUT2D eigenvalue weighted by atomic mass is 32.2. The summed E-state index contributed by atoms with van der Waals surface area (Å²) in [5, 5.41) is 8.75. The second-order valence-corrected chi connectivity index (χ2v) is 11.0. The summed E-state index contributed by atoms with van der Waals surface area (Å²) in [6, 6.07) is 18.0. The second kappa shape index (κ2) is 10.7. The van der Waals surface area contributed by atoms with Crippen molar-refractivity contribution >= 4 is 10.0 Å². The second-order valence-electron chi connectivity index (χ2n) is 9.19. The zero-order valence-electron chi connectivity index (χ0n) is 20.0. The fourth-order valence-electron chi connectivity index (χ4n) is 4.23. The van der Waals surface area contributed by atoms with Crippen LogP contribution in [0.15, 0.2) is 54.6 Å². The van der Waals surface area contributed by atoms with E-state index in [1.54, 1.807) is 0 Å². The minimum absolute atomic E-state index is 0.0565. The standard InChI is InChI=1S/C25H33N5O3S/c1-19(2)24(28-34(3,31)32)25-27-26-23-12-13-29(14-15-30(23)25)17-21-10-7-11-22(16-21)33-18-20-8-5-4-6-9-20/h4-11,16,19,24,28H,12-15,17-18H2,1-3H3/t24-/m0/s1. The Balaban J connectivity index is 1.40. The van der Waals surface area contributed by atoms with E-state index in [1.165, 1.54) is 11.8 Å². The lowest BCUT2D eigenvalue weighted by atomic mass is 10.1. The van der Waals surface area contributed by atoms with E-state index < -0.39 is 16.1 Å². The lowest BCUT2D eigenvalue weighted by Gasteiger charge is -2.22. The van der Waals surface area contributed by atoms with Gasteiger partial charge in [0.2, 0.25) is 10.0 Å². The van der Waals surface area contributed by atoms with Crippen LogP contribution in [0.25, 0.3) is 0 Å². The third-order valence-corrected chi connectivity index (χ3v) is 6.67. The van der Waals surface area contributed by atoms with Gasteiger partial charge in [0.15, 0.2) is 5.82 Å². The molecule has 0 saturated heterocycles. The van der Waals surface area contributed by atoms with Crippen LogP contribution in [0.2, 0.25) is 0 Å². The van der Waals surface area contributed by atoms with E-state index in [0.29, 0.717) is 12.4 Å². The molecule has 0 spiro atoms. The maximum atomic E-state index is 11.9. The van der Waals surface area contributed by atoms with Gasteiger partial charge in [-0.05, 0) is 29.2 Å². The molecule has 1 atom stereocenters. The number of sulfonamides is 1. The van der Waals surface area contributed by atoms with E-state index in [4.69, 9.17) is 4.74 Å². The first-order chi connectivity index (χ1) is 16.3. The quantitative estimate of drug-likeness (QED) is 0.503. The highest BCUT2D eigenvalue weighted by Crippen LogP contribution is 2.24. The van der Waals surface area contributed by atoms with Crippen molar-refractivity contribution in [3.8, 4) is 5.75 Å². The Hall–Kier alpha value is -2.75. The van der Waals surface area contributed by atoms with Crippen LogP contribution in [0.5, 0.6) is 5.75 Å². The molecule has 0 amide bonds. The molecule has 8 nitrogen and oxygen atoms in total. The Morgan fingerprint density at radius 3 is 2.50 bits per heavy atom. The van der Waals surface area contributed by atoms with Gasteiger partial charge in [-0.2, -0.15) is 0 Å². The van der Waals surface area contributed by atoms with Gasteiger partial charge in [-0.15, -0.1) is 10.2 Å². The van der Waals surface area contributed by atoms with Crippen molar-refractivity contribution in [3.05, 3.63) is 77.4 Å². The van der Waals surface area contributed by atoms with Crippen LogP contribution >= 0.6 is 0 Å². The molecule has 4 rings (SSSR count). The molecule has 2 heterocycles. The molecule has 1 aromatic heterocycles. The molecule has 2 aromatic carbocycles. The van der Waals surface area contributed by atoms with Crippen LogP contribution < -0.4 is 9.46 Å². The molecule has 182 valence electrons. The molecule has 0 bridgehead atoms. The minimum atomic E-state index is -3.36. The Bertz CT molecular complexity index is 1190. The molecule has 3 aromatic rings. The van der Waals surface area contributed by atoms with Crippen LogP contribution in [0.3, 0.4) is 0 Å². The fourth-order valence-corrected chi connectivity index (χ4v) is 5.07. The first-order valence-electron chi connectivity index (χ1n) is 11.7. The molecule has 1 N–H and O–H groups in total. The summed E-state index contributed by atoms with van der Waals surface area (Å²) in [5.41, 5.74) is 2.34. The average Bonchev–Trinajstić information content (AvgIpc) is 3.10. The number of aromatic nitrogens is 3. The lowest BCUT2D eigenvalue weighted by Crippen LogP contribution is -2.33. The smallest absolute Gasteiger partial charge is 0.209 e. The molecule has 0 fully saturated rings. The topological polar surface area (TPSA) is 89.3 Å². The Labute approximate surface area is 202 Å². The largest absolute Gasteiger partial charge is 0.489 e. The van der Waals surface area contributed by atoms with Gasteiger partial charge in [0.05, 0.1) is 12.3 Å². The molecule has 0 aliphatic carbocycles. The van der Waals surface area contributed by atoms with Gasteiger partial charge < -0.3 is 9.30 Å². The van der Waals surface area contributed by atoms with E-state index in [9.17, 15) is 8.42 Å². The normalized spacial score (nSPS) is 15.6. The zero-order valence-corrected chi connectivity index (χ0v) is 20.8. The number of rotatable bonds is 9. The summed E-state index contributed by atoms with van der Waals surface area (Å²) in [5.74, 6) is 2.51. The Kier molecular flexibility index (Phi) is 7.65. The van der Waals surface area contributed by atoms with Gasteiger partial charge in [0.1, 0.15) is 18.2 Å². The summed E-state index contributed by atoms with van der Waals surface area (Å²) in [6.45, 7) is 7.74. The van der Waals surface area contributed by atoms with E-state index in [-0.39, 0.29) is 5.92 Å². The van der Waals surface area contributed by atoms with Crippen LogP contribution in [0.4, 0.5) is 0 Å². The average molecular weight is 484 g/mol. The number of ether oxygens (including phenoxy) is 1. The van der Waals surface area contributed by atoms with Crippen molar-refractivity contribution < 1.29 is 13.2 Å². The van der Waals surface area contributed by atoms with Gasteiger partial charge in [0.25, 0.3) is 0 Å². The summed E-state index contributed by atoms with van der Waals surface area (Å²) in [7, 11) is -3.36. The SMILES string of the molecule is CC(C)[C@H](NS(C)(=O)=O)c1nnc2n1CCN(Cc1cccc(OCc3ccccc3)c1)CC2. The number of fused-ring (bicyclic) bond motifs is 1. The van der Waals surface area contributed by atoms with Crippen LogP contribution in [-0.4, -0.2) is 47.4 Å². The van der Waals surface area contributed by atoms with Crippen molar-refractivity contribution in [2.75, 3.05) is 19.3 Å². The van der Waals surface area contributed by atoms with Gasteiger partial charge in [-0.25, -0.2) is 13.1 Å². The van der Waals surface area contributed by atoms with Crippen molar-refractivity contribution in [2.45, 2.75) is 46.0 Å². The summed E-state index contributed by atoms with van der Waals surface area (Å²) >= 11 is 0. The van der Waals surface area contributed by atoms with Crippen molar-refractivity contribution in [2.24, 2.45) is 5.92 Å². The third-order valence-electron chi connectivity index (χ3n) is 5.99. The molecule has 1 aliphatic heterocycles. The monoisotopic (exact) mass is 483 g/mol. The minimum Gasteiger partial charge on any atom is -0.489 e. The Morgan fingerprint density at radius 1 is 1.00 bits per heavy atom. The van der Waals surface area contributed by atoms with E-state index in [0.717, 1.165) is 49.7 Å². The first-order valence-corrected chi connectivity index (χ1v) is 13.5. The number of hydrogen-bond donors (Lipinski definition) is 1. The highest BCUT2D eigenvalue weighted by molar-refractivity contribution is 7.88. The van der Waals surface area contributed by atoms with E-state index in [2.05, 4.69) is 48.7 Å².